The van der Waals surface area contributed by atoms with E-state index in [0.29, 0.717) is 24.6 Å². The van der Waals surface area contributed by atoms with Crippen molar-refractivity contribution < 1.29 is 9.63 Å². The molecule has 0 saturated carbocycles. The van der Waals surface area contributed by atoms with Gasteiger partial charge in [-0.25, -0.2) is 0 Å². The number of aliphatic hydroxyl groups is 1. The minimum absolute atomic E-state index is 0.374. The smallest absolute Gasteiger partial charge is 0.227 e. The van der Waals surface area contributed by atoms with Crippen LogP contribution in [0.4, 0.5) is 0 Å². The number of hydrogen-bond donors (Lipinski definition) is 1. The maximum atomic E-state index is 9.25. The van der Waals surface area contributed by atoms with E-state index >= 15 is 0 Å². The summed E-state index contributed by atoms with van der Waals surface area (Å²) in [7, 11) is 0. The average molecular weight is 270 g/mol. The van der Waals surface area contributed by atoms with Crippen molar-refractivity contribution in [2.24, 2.45) is 0 Å². The molecule has 3 rings (SSSR count). The van der Waals surface area contributed by atoms with Crippen LogP contribution in [0.5, 0.6) is 0 Å². The molecule has 0 fully saturated rings. The lowest BCUT2D eigenvalue weighted by Crippen LogP contribution is -2.01. The zero-order valence-electron chi connectivity index (χ0n) is 11.0. The molecule has 0 amide bonds. The van der Waals surface area contributed by atoms with Gasteiger partial charge >= 0.3 is 0 Å². The first-order valence-corrected chi connectivity index (χ1v) is 6.44. The molecule has 0 bridgehead atoms. The van der Waals surface area contributed by atoms with E-state index in [-0.39, 0.29) is 6.10 Å². The van der Waals surface area contributed by atoms with E-state index in [1.807, 2.05) is 18.2 Å². The maximum absolute atomic E-state index is 9.25. The third-order valence-corrected chi connectivity index (χ3v) is 2.97. The molecule has 1 atom stereocenters. The first-order valence-electron chi connectivity index (χ1n) is 6.44. The summed E-state index contributed by atoms with van der Waals surface area (Å²) in [6, 6.07) is 5.65. The van der Waals surface area contributed by atoms with Gasteiger partial charge in [0.05, 0.1) is 17.1 Å². The summed E-state index contributed by atoms with van der Waals surface area (Å²) in [6.07, 6.45) is 4.10. The Morgan fingerprint density at radius 3 is 2.80 bits per heavy atom. The Labute approximate surface area is 115 Å². The normalized spacial score (nSPS) is 12.7. The predicted octanol–water partition coefficient (Wildman–Crippen LogP) is 1.99. The van der Waals surface area contributed by atoms with Crippen molar-refractivity contribution in [1.29, 1.82) is 0 Å². The first-order chi connectivity index (χ1) is 9.72. The van der Waals surface area contributed by atoms with Gasteiger partial charge < -0.3 is 9.63 Å². The molecule has 2 heterocycles. The largest absolute Gasteiger partial charge is 0.393 e. The van der Waals surface area contributed by atoms with E-state index in [1.165, 1.54) is 0 Å². The van der Waals surface area contributed by atoms with Crippen LogP contribution in [-0.2, 0) is 6.42 Å². The van der Waals surface area contributed by atoms with Crippen LogP contribution in [0.15, 0.2) is 35.1 Å². The lowest BCUT2D eigenvalue weighted by molar-refractivity contribution is 0.180. The molecule has 20 heavy (non-hydrogen) atoms. The standard InChI is InChI=1S/C14H14N4O2/c1-9(19)2-5-13-17-14(18-20-13)10-3-4-11-12(8-10)16-7-6-15-11/h3-4,6-9,19H,2,5H2,1H3. The van der Waals surface area contributed by atoms with Gasteiger partial charge in [0.1, 0.15) is 0 Å². The number of aliphatic hydroxyl groups excluding tert-OH is 1. The fourth-order valence-electron chi connectivity index (χ4n) is 1.91. The Balaban J connectivity index is 1.87. The minimum atomic E-state index is -0.374. The second-order valence-electron chi connectivity index (χ2n) is 4.66. The zero-order chi connectivity index (χ0) is 13.9. The molecule has 102 valence electrons. The highest BCUT2D eigenvalue weighted by atomic mass is 16.5. The van der Waals surface area contributed by atoms with Crippen molar-refractivity contribution in [3.8, 4) is 11.4 Å². The second kappa shape index (κ2) is 5.34. The highest BCUT2D eigenvalue weighted by Gasteiger charge is 2.10. The van der Waals surface area contributed by atoms with Crippen LogP contribution in [0.1, 0.15) is 19.2 Å². The SMILES string of the molecule is CC(O)CCc1nc(-c2ccc3nccnc3c2)no1. The Bertz CT molecular complexity index is 724. The highest BCUT2D eigenvalue weighted by molar-refractivity contribution is 5.79. The number of nitrogens with zero attached hydrogens (tertiary/aromatic N) is 4. The van der Waals surface area contributed by atoms with Crippen LogP contribution in [0.25, 0.3) is 22.4 Å². The minimum Gasteiger partial charge on any atom is -0.393 e. The van der Waals surface area contributed by atoms with E-state index in [0.717, 1.165) is 16.6 Å². The molecule has 6 nitrogen and oxygen atoms in total. The maximum Gasteiger partial charge on any atom is 0.227 e. The summed E-state index contributed by atoms with van der Waals surface area (Å²) in [5.74, 6) is 1.05. The fourth-order valence-corrected chi connectivity index (χ4v) is 1.91. The average Bonchev–Trinajstić information content (AvgIpc) is 2.93. The Hall–Kier alpha value is -2.34. The van der Waals surface area contributed by atoms with Gasteiger partial charge in [-0.05, 0) is 31.5 Å². The van der Waals surface area contributed by atoms with Crippen LogP contribution >= 0.6 is 0 Å². The van der Waals surface area contributed by atoms with E-state index in [9.17, 15) is 5.11 Å². The van der Waals surface area contributed by atoms with Crippen molar-refractivity contribution in [2.75, 3.05) is 0 Å². The molecule has 3 aromatic rings. The summed E-state index contributed by atoms with van der Waals surface area (Å²) in [5, 5.41) is 13.2. The monoisotopic (exact) mass is 270 g/mol. The van der Waals surface area contributed by atoms with Crippen molar-refractivity contribution in [3.63, 3.8) is 0 Å². The van der Waals surface area contributed by atoms with Gasteiger partial charge in [-0.15, -0.1) is 0 Å². The summed E-state index contributed by atoms with van der Waals surface area (Å²) >= 11 is 0. The molecule has 1 N–H and O–H groups in total. The molecule has 1 aromatic carbocycles. The Morgan fingerprint density at radius 1 is 1.20 bits per heavy atom. The number of aromatic nitrogens is 4. The lowest BCUT2D eigenvalue weighted by Gasteiger charge is -1.98. The van der Waals surface area contributed by atoms with E-state index in [2.05, 4.69) is 20.1 Å². The zero-order valence-corrected chi connectivity index (χ0v) is 11.0. The van der Waals surface area contributed by atoms with E-state index in [1.54, 1.807) is 19.3 Å². The van der Waals surface area contributed by atoms with Gasteiger partial charge in [-0.3, -0.25) is 9.97 Å². The molecule has 1 unspecified atom stereocenters. The molecule has 0 aliphatic rings. The van der Waals surface area contributed by atoms with Crippen LogP contribution in [-0.4, -0.2) is 31.3 Å². The van der Waals surface area contributed by atoms with Gasteiger partial charge in [0.25, 0.3) is 0 Å². The molecule has 0 radical (unpaired) electrons. The number of rotatable bonds is 4. The summed E-state index contributed by atoms with van der Waals surface area (Å²) < 4.78 is 5.17. The Morgan fingerprint density at radius 2 is 2.00 bits per heavy atom. The van der Waals surface area contributed by atoms with Gasteiger partial charge in [-0.2, -0.15) is 4.98 Å². The van der Waals surface area contributed by atoms with Crippen LogP contribution in [0, 0.1) is 0 Å². The highest BCUT2D eigenvalue weighted by Crippen LogP contribution is 2.20. The number of benzene rings is 1. The topological polar surface area (TPSA) is 84.9 Å². The molecular formula is C14H14N4O2. The van der Waals surface area contributed by atoms with Gasteiger partial charge in [0.15, 0.2) is 0 Å². The van der Waals surface area contributed by atoms with Crippen LogP contribution < -0.4 is 0 Å². The third kappa shape index (κ3) is 2.65. The molecule has 2 aromatic heterocycles. The van der Waals surface area contributed by atoms with Crippen molar-refractivity contribution >= 4 is 11.0 Å². The van der Waals surface area contributed by atoms with Gasteiger partial charge in [0, 0.05) is 24.4 Å². The van der Waals surface area contributed by atoms with E-state index in [4.69, 9.17) is 4.52 Å². The molecule has 0 saturated heterocycles. The number of fused-ring (bicyclic) bond motifs is 1. The first kappa shape index (κ1) is 12.7. The Kier molecular flexibility index (Phi) is 3.39. The van der Waals surface area contributed by atoms with E-state index < -0.39 is 0 Å². The van der Waals surface area contributed by atoms with Crippen molar-refractivity contribution in [3.05, 3.63) is 36.5 Å². The number of aryl methyl sites for hydroxylation is 1. The second-order valence-corrected chi connectivity index (χ2v) is 4.66. The summed E-state index contributed by atoms with van der Waals surface area (Å²) in [6.45, 7) is 1.74. The van der Waals surface area contributed by atoms with Crippen molar-refractivity contribution in [1.82, 2.24) is 20.1 Å². The van der Waals surface area contributed by atoms with Gasteiger partial charge in [-0.1, -0.05) is 5.16 Å². The van der Waals surface area contributed by atoms with Crippen molar-refractivity contribution in [2.45, 2.75) is 25.9 Å². The molecule has 0 aliphatic carbocycles. The molecular weight excluding hydrogens is 256 g/mol. The molecule has 0 spiro atoms. The van der Waals surface area contributed by atoms with Crippen LogP contribution in [0.3, 0.4) is 0 Å². The molecule has 0 aliphatic heterocycles. The predicted molar refractivity (Wildman–Crippen MR) is 72.8 cm³/mol. The molecule has 6 heteroatoms. The third-order valence-electron chi connectivity index (χ3n) is 2.97. The van der Waals surface area contributed by atoms with Gasteiger partial charge in [0.2, 0.25) is 11.7 Å². The fraction of sp³-hybridized carbons (Fsp3) is 0.286. The summed E-state index contributed by atoms with van der Waals surface area (Å²) in [4.78, 5) is 12.8. The lowest BCUT2D eigenvalue weighted by atomic mass is 10.2. The quantitative estimate of drug-likeness (QED) is 0.780. The summed E-state index contributed by atoms with van der Waals surface area (Å²) in [5.41, 5.74) is 2.46. The van der Waals surface area contributed by atoms with Crippen LogP contribution in [0.2, 0.25) is 0 Å². The number of hydrogen-bond acceptors (Lipinski definition) is 6.